The summed E-state index contributed by atoms with van der Waals surface area (Å²) in [5.41, 5.74) is 1.23. The number of carbonyl (C=O) groups is 2. The van der Waals surface area contributed by atoms with Crippen LogP contribution in [0.15, 0.2) is 34.4 Å². The topological polar surface area (TPSA) is 65.7 Å². The summed E-state index contributed by atoms with van der Waals surface area (Å²) in [6.07, 6.45) is 6.67. The van der Waals surface area contributed by atoms with Gasteiger partial charge in [0.25, 0.3) is 0 Å². The Bertz CT molecular complexity index is 928. The Kier molecular flexibility index (Phi) is 4.60. The SMILES string of the molecule is Cc1ccc(/C=C2\Oc3cc(OC(=O)C4CCCCC4)cc(C)c3C2=O)o1. The molecule has 5 heteroatoms. The van der Waals surface area contributed by atoms with E-state index in [4.69, 9.17) is 13.9 Å². The van der Waals surface area contributed by atoms with Gasteiger partial charge in [0.1, 0.15) is 23.0 Å². The van der Waals surface area contributed by atoms with Crippen LogP contribution in [0.5, 0.6) is 11.5 Å². The Morgan fingerprint density at radius 1 is 1.15 bits per heavy atom. The molecule has 2 aromatic rings. The van der Waals surface area contributed by atoms with Gasteiger partial charge in [0.05, 0.1) is 11.5 Å². The first-order valence-electron chi connectivity index (χ1n) is 9.38. The van der Waals surface area contributed by atoms with Crippen LogP contribution in [0, 0.1) is 19.8 Å². The van der Waals surface area contributed by atoms with Crippen molar-refractivity contribution >= 4 is 17.8 Å². The first-order valence-corrected chi connectivity index (χ1v) is 9.38. The van der Waals surface area contributed by atoms with E-state index in [1.807, 2.05) is 19.9 Å². The largest absolute Gasteiger partial charge is 0.462 e. The maximum Gasteiger partial charge on any atom is 0.314 e. The minimum Gasteiger partial charge on any atom is -0.462 e. The minimum atomic E-state index is -0.194. The summed E-state index contributed by atoms with van der Waals surface area (Å²) in [5, 5.41) is 0. The summed E-state index contributed by atoms with van der Waals surface area (Å²) in [6, 6.07) is 6.95. The molecule has 0 radical (unpaired) electrons. The molecule has 1 aliphatic heterocycles. The van der Waals surface area contributed by atoms with Crippen LogP contribution in [-0.2, 0) is 4.79 Å². The van der Waals surface area contributed by atoms with Crippen LogP contribution in [0.1, 0.15) is 59.5 Å². The number of aryl methyl sites for hydroxylation is 2. The third kappa shape index (κ3) is 3.54. The van der Waals surface area contributed by atoms with Crippen molar-refractivity contribution in [3.63, 3.8) is 0 Å². The summed E-state index contributed by atoms with van der Waals surface area (Å²) in [6.45, 7) is 3.66. The maximum atomic E-state index is 12.7. The monoisotopic (exact) mass is 366 g/mol. The Hall–Kier alpha value is -2.82. The molecule has 0 spiro atoms. The van der Waals surface area contributed by atoms with Gasteiger partial charge in [0, 0.05) is 12.1 Å². The van der Waals surface area contributed by atoms with Crippen molar-refractivity contribution in [2.24, 2.45) is 5.92 Å². The number of hydrogen-bond acceptors (Lipinski definition) is 5. The van der Waals surface area contributed by atoms with Crippen LogP contribution < -0.4 is 9.47 Å². The molecule has 0 unspecified atom stereocenters. The second-order valence-corrected chi connectivity index (χ2v) is 7.26. The number of esters is 1. The fourth-order valence-electron chi connectivity index (χ4n) is 3.73. The molecule has 1 saturated carbocycles. The summed E-state index contributed by atoms with van der Waals surface area (Å²) >= 11 is 0. The molecule has 4 rings (SSSR count). The number of ether oxygens (including phenoxy) is 2. The van der Waals surface area contributed by atoms with Gasteiger partial charge in [-0.15, -0.1) is 0 Å². The van der Waals surface area contributed by atoms with Gasteiger partial charge in [-0.25, -0.2) is 0 Å². The van der Waals surface area contributed by atoms with Gasteiger partial charge in [0.15, 0.2) is 5.76 Å². The summed E-state index contributed by atoms with van der Waals surface area (Å²) in [7, 11) is 0. The Morgan fingerprint density at radius 3 is 2.63 bits per heavy atom. The highest BCUT2D eigenvalue weighted by Crippen LogP contribution is 2.38. The number of benzene rings is 1. The highest BCUT2D eigenvalue weighted by Gasteiger charge is 2.31. The van der Waals surface area contributed by atoms with E-state index in [1.54, 1.807) is 24.3 Å². The molecule has 1 aliphatic carbocycles. The van der Waals surface area contributed by atoms with E-state index < -0.39 is 0 Å². The van der Waals surface area contributed by atoms with E-state index in [9.17, 15) is 9.59 Å². The zero-order valence-corrected chi connectivity index (χ0v) is 15.5. The number of carbonyl (C=O) groups excluding carboxylic acids is 2. The Labute approximate surface area is 158 Å². The van der Waals surface area contributed by atoms with Crippen molar-refractivity contribution in [3.8, 4) is 11.5 Å². The Balaban J connectivity index is 1.56. The van der Waals surface area contributed by atoms with Gasteiger partial charge in [-0.1, -0.05) is 19.3 Å². The second kappa shape index (κ2) is 7.06. The molecule has 0 amide bonds. The van der Waals surface area contributed by atoms with Crippen LogP contribution >= 0.6 is 0 Å². The average molecular weight is 366 g/mol. The number of ketones is 1. The van der Waals surface area contributed by atoms with Gasteiger partial charge in [-0.05, 0) is 50.5 Å². The van der Waals surface area contributed by atoms with Gasteiger partial charge >= 0.3 is 5.97 Å². The molecule has 0 atom stereocenters. The van der Waals surface area contributed by atoms with Crippen LogP contribution in [0.4, 0.5) is 0 Å². The van der Waals surface area contributed by atoms with Gasteiger partial charge in [-0.3, -0.25) is 9.59 Å². The number of furan rings is 1. The molecule has 5 nitrogen and oxygen atoms in total. The predicted octanol–water partition coefficient (Wildman–Crippen LogP) is 5.00. The predicted molar refractivity (Wildman–Crippen MR) is 99.8 cm³/mol. The third-order valence-electron chi connectivity index (χ3n) is 5.14. The van der Waals surface area contributed by atoms with Crippen LogP contribution in [0.2, 0.25) is 0 Å². The van der Waals surface area contributed by atoms with Crippen LogP contribution in [0.3, 0.4) is 0 Å². The van der Waals surface area contributed by atoms with Crippen LogP contribution in [0.25, 0.3) is 6.08 Å². The van der Waals surface area contributed by atoms with Gasteiger partial charge in [-0.2, -0.15) is 0 Å². The molecule has 1 aromatic heterocycles. The van der Waals surface area contributed by atoms with Crippen LogP contribution in [-0.4, -0.2) is 11.8 Å². The lowest BCUT2D eigenvalue weighted by Crippen LogP contribution is -2.22. The highest BCUT2D eigenvalue weighted by atomic mass is 16.5. The molecule has 27 heavy (non-hydrogen) atoms. The molecule has 2 aliphatic rings. The first kappa shape index (κ1) is 17.6. The molecule has 2 heterocycles. The van der Waals surface area contributed by atoms with Crippen molar-refractivity contribution < 1.29 is 23.5 Å². The third-order valence-corrected chi connectivity index (χ3v) is 5.14. The molecule has 0 N–H and O–H groups in total. The number of fused-ring (bicyclic) bond motifs is 1. The van der Waals surface area contributed by atoms with E-state index >= 15 is 0 Å². The fourth-order valence-corrected chi connectivity index (χ4v) is 3.73. The van der Waals surface area contributed by atoms with E-state index in [0.29, 0.717) is 22.8 Å². The molecule has 1 aromatic carbocycles. The average Bonchev–Trinajstić information content (AvgIpc) is 3.19. The van der Waals surface area contributed by atoms with E-state index in [-0.39, 0.29) is 23.4 Å². The van der Waals surface area contributed by atoms with Crippen molar-refractivity contribution in [1.29, 1.82) is 0 Å². The number of hydrogen-bond donors (Lipinski definition) is 0. The lowest BCUT2D eigenvalue weighted by Gasteiger charge is -2.20. The fraction of sp³-hybridized carbons (Fsp3) is 0.364. The van der Waals surface area contributed by atoms with Gasteiger partial charge in [0.2, 0.25) is 5.78 Å². The lowest BCUT2D eigenvalue weighted by molar-refractivity contribution is -0.139. The van der Waals surface area contributed by atoms with Crippen molar-refractivity contribution in [2.75, 3.05) is 0 Å². The smallest absolute Gasteiger partial charge is 0.314 e. The number of allylic oxidation sites excluding steroid dienone is 1. The molecular formula is C22H22O5. The van der Waals surface area contributed by atoms with Crippen molar-refractivity contribution in [3.05, 3.63) is 52.7 Å². The molecule has 0 bridgehead atoms. The lowest BCUT2D eigenvalue weighted by atomic mass is 9.89. The van der Waals surface area contributed by atoms with E-state index in [2.05, 4.69) is 0 Å². The van der Waals surface area contributed by atoms with E-state index in [0.717, 1.165) is 37.0 Å². The first-order chi connectivity index (χ1) is 13.0. The minimum absolute atomic E-state index is 0.0347. The summed E-state index contributed by atoms with van der Waals surface area (Å²) in [5.74, 6) is 1.95. The maximum absolute atomic E-state index is 12.7. The van der Waals surface area contributed by atoms with Crippen molar-refractivity contribution in [2.45, 2.75) is 46.0 Å². The summed E-state index contributed by atoms with van der Waals surface area (Å²) in [4.78, 5) is 25.1. The Morgan fingerprint density at radius 2 is 1.93 bits per heavy atom. The van der Waals surface area contributed by atoms with Crippen molar-refractivity contribution in [1.82, 2.24) is 0 Å². The second-order valence-electron chi connectivity index (χ2n) is 7.26. The molecular weight excluding hydrogens is 344 g/mol. The molecule has 0 saturated heterocycles. The molecule has 1 fully saturated rings. The summed E-state index contributed by atoms with van der Waals surface area (Å²) < 4.78 is 16.8. The number of rotatable bonds is 3. The normalized spacial score (nSPS) is 18.4. The zero-order chi connectivity index (χ0) is 19.0. The highest BCUT2D eigenvalue weighted by molar-refractivity contribution is 6.15. The standard InChI is InChI=1S/C22H22O5/c1-13-10-17(26-22(24)15-6-4-3-5-7-15)12-18-20(13)21(23)19(27-18)11-16-9-8-14(2)25-16/h8-12,15H,3-7H2,1-2H3/b19-11-. The van der Waals surface area contributed by atoms with Gasteiger partial charge < -0.3 is 13.9 Å². The number of Topliss-reactive ketones (excluding diaryl/α,β-unsaturated/α-hetero) is 1. The molecule has 140 valence electrons. The zero-order valence-electron chi connectivity index (χ0n) is 15.5. The quantitative estimate of drug-likeness (QED) is 0.434. The van der Waals surface area contributed by atoms with E-state index in [1.165, 1.54) is 6.42 Å².